The number of halogens is 1. The maximum Gasteiger partial charge on any atom is 0.254 e. The summed E-state index contributed by atoms with van der Waals surface area (Å²) in [7, 11) is 0. The second kappa shape index (κ2) is 6.80. The van der Waals surface area contributed by atoms with Crippen LogP contribution in [0.4, 0.5) is 4.39 Å². The summed E-state index contributed by atoms with van der Waals surface area (Å²) in [6.07, 6.45) is 7.04. The van der Waals surface area contributed by atoms with Gasteiger partial charge in [-0.3, -0.25) is 19.4 Å². The van der Waals surface area contributed by atoms with E-state index < -0.39 is 23.9 Å². The molecule has 1 amide bonds. The number of hydrogen-bond acceptors (Lipinski definition) is 5. The van der Waals surface area contributed by atoms with Crippen LogP contribution in [0, 0.1) is 11.7 Å². The van der Waals surface area contributed by atoms with Crippen LogP contribution in [-0.4, -0.2) is 42.9 Å². The Morgan fingerprint density at radius 1 is 1.23 bits per heavy atom. The van der Waals surface area contributed by atoms with Crippen LogP contribution >= 0.6 is 0 Å². The summed E-state index contributed by atoms with van der Waals surface area (Å²) in [5.41, 5.74) is 0.741. The van der Waals surface area contributed by atoms with E-state index in [1.807, 2.05) is 16.9 Å². The molecule has 134 valence electrons. The van der Waals surface area contributed by atoms with Gasteiger partial charge in [-0.25, -0.2) is 4.39 Å². The third-order valence-electron chi connectivity index (χ3n) is 4.75. The molecule has 0 aliphatic heterocycles. The number of aliphatic hydroxyl groups is 1. The lowest BCUT2D eigenvalue weighted by Crippen LogP contribution is -2.40. The van der Waals surface area contributed by atoms with Gasteiger partial charge in [-0.1, -0.05) is 0 Å². The van der Waals surface area contributed by atoms with Gasteiger partial charge in [0.25, 0.3) is 5.91 Å². The molecule has 1 aliphatic rings. The summed E-state index contributed by atoms with van der Waals surface area (Å²) in [4.78, 5) is 20.6. The maximum absolute atomic E-state index is 14.3. The van der Waals surface area contributed by atoms with Crippen LogP contribution in [0.15, 0.2) is 43.0 Å². The molecular formula is C18H18FN5O2. The van der Waals surface area contributed by atoms with Gasteiger partial charge in [0.1, 0.15) is 5.82 Å². The molecule has 2 heterocycles. The van der Waals surface area contributed by atoms with Crippen molar-refractivity contribution < 1.29 is 14.3 Å². The average molecular weight is 355 g/mol. The fourth-order valence-electron chi connectivity index (χ4n) is 3.50. The minimum absolute atomic E-state index is 0.0965. The second-order valence-electron chi connectivity index (χ2n) is 6.59. The molecule has 3 aromatic rings. The third kappa shape index (κ3) is 3.28. The van der Waals surface area contributed by atoms with Crippen molar-refractivity contribution in [3.05, 3.63) is 54.4 Å². The minimum Gasteiger partial charge on any atom is -0.391 e. The number of aliphatic hydroxyl groups excluding tert-OH is 1. The number of carbonyl (C=O) groups excluding carboxylic acids is 1. The lowest BCUT2D eigenvalue weighted by molar-refractivity contribution is 0.0869. The summed E-state index contributed by atoms with van der Waals surface area (Å²) < 4.78 is 16.1. The third-order valence-corrected chi connectivity index (χ3v) is 4.75. The summed E-state index contributed by atoms with van der Waals surface area (Å²) >= 11 is 0. The molecule has 4 rings (SSSR count). The average Bonchev–Trinajstić information content (AvgIpc) is 3.24. The zero-order valence-electron chi connectivity index (χ0n) is 13.9. The van der Waals surface area contributed by atoms with Crippen molar-refractivity contribution in [3.63, 3.8) is 0 Å². The Balaban J connectivity index is 1.47. The minimum atomic E-state index is -0.664. The highest BCUT2D eigenvalue weighted by atomic mass is 19.1. The van der Waals surface area contributed by atoms with E-state index in [2.05, 4.69) is 20.4 Å². The van der Waals surface area contributed by atoms with Gasteiger partial charge >= 0.3 is 0 Å². The fourth-order valence-corrected chi connectivity index (χ4v) is 3.50. The number of carbonyl (C=O) groups is 1. The highest BCUT2D eigenvalue weighted by Crippen LogP contribution is 2.28. The molecule has 0 spiro atoms. The Labute approximate surface area is 148 Å². The van der Waals surface area contributed by atoms with Crippen LogP contribution < -0.4 is 5.32 Å². The van der Waals surface area contributed by atoms with E-state index in [9.17, 15) is 14.3 Å². The van der Waals surface area contributed by atoms with Crippen LogP contribution in [0.2, 0.25) is 0 Å². The first kappa shape index (κ1) is 16.6. The van der Waals surface area contributed by atoms with Crippen LogP contribution in [0.5, 0.6) is 0 Å². The number of hydrogen-bond donors (Lipinski definition) is 2. The van der Waals surface area contributed by atoms with Crippen molar-refractivity contribution in [3.8, 4) is 0 Å². The van der Waals surface area contributed by atoms with Crippen molar-refractivity contribution in [2.45, 2.75) is 31.5 Å². The molecule has 26 heavy (non-hydrogen) atoms. The quantitative estimate of drug-likeness (QED) is 0.740. The standard InChI is InChI=1S/C18H18FN5O2/c19-13-9-15-14(20-3-4-21-15)8-12(13)18(26)23-16-6-11(7-17(16)25)10-24-5-1-2-22-24/h1-5,8-9,11,16-17,25H,6-7,10H2,(H,23,26)/t11?,16-,17-/m1/s1. The van der Waals surface area contributed by atoms with Crippen molar-refractivity contribution >= 4 is 16.9 Å². The molecule has 0 saturated heterocycles. The van der Waals surface area contributed by atoms with Gasteiger partial charge in [0.05, 0.1) is 28.7 Å². The predicted octanol–water partition coefficient (Wildman–Crippen LogP) is 1.53. The van der Waals surface area contributed by atoms with E-state index in [0.29, 0.717) is 30.4 Å². The zero-order chi connectivity index (χ0) is 18.1. The maximum atomic E-state index is 14.3. The lowest BCUT2D eigenvalue weighted by atomic mass is 10.1. The fraction of sp³-hybridized carbons (Fsp3) is 0.333. The summed E-state index contributed by atoms with van der Waals surface area (Å²) in [6, 6.07) is 4.01. The Bertz CT molecular complexity index is 930. The topological polar surface area (TPSA) is 92.9 Å². The molecule has 1 aromatic carbocycles. The predicted molar refractivity (Wildman–Crippen MR) is 91.7 cm³/mol. The smallest absolute Gasteiger partial charge is 0.254 e. The van der Waals surface area contributed by atoms with E-state index in [1.165, 1.54) is 24.5 Å². The lowest BCUT2D eigenvalue weighted by Gasteiger charge is -2.17. The van der Waals surface area contributed by atoms with Crippen LogP contribution in [0.3, 0.4) is 0 Å². The highest BCUT2D eigenvalue weighted by molar-refractivity contribution is 5.97. The van der Waals surface area contributed by atoms with Gasteiger partial charge in [-0.15, -0.1) is 0 Å². The number of nitrogens with one attached hydrogen (secondary N) is 1. The Kier molecular flexibility index (Phi) is 4.34. The van der Waals surface area contributed by atoms with Gasteiger partial charge in [-0.2, -0.15) is 5.10 Å². The number of rotatable bonds is 4. The molecule has 1 unspecified atom stereocenters. The first-order valence-electron chi connectivity index (χ1n) is 8.47. The number of amides is 1. The van der Waals surface area contributed by atoms with Crippen molar-refractivity contribution in [2.24, 2.45) is 5.92 Å². The molecule has 1 aliphatic carbocycles. The molecule has 0 radical (unpaired) electrons. The molecule has 2 N–H and O–H groups in total. The van der Waals surface area contributed by atoms with Gasteiger partial charge < -0.3 is 10.4 Å². The van der Waals surface area contributed by atoms with Gasteiger partial charge in [0.2, 0.25) is 0 Å². The molecule has 2 aromatic heterocycles. The molecule has 3 atom stereocenters. The molecule has 1 saturated carbocycles. The van der Waals surface area contributed by atoms with E-state index in [0.717, 1.165) is 0 Å². The summed E-state index contributed by atoms with van der Waals surface area (Å²) in [5, 5.41) is 17.2. The summed E-state index contributed by atoms with van der Waals surface area (Å²) in [6.45, 7) is 0.677. The van der Waals surface area contributed by atoms with Crippen LogP contribution in [0.1, 0.15) is 23.2 Å². The number of benzene rings is 1. The van der Waals surface area contributed by atoms with E-state index in [1.54, 1.807) is 6.20 Å². The molecule has 8 heteroatoms. The van der Waals surface area contributed by atoms with E-state index in [-0.39, 0.29) is 11.5 Å². The van der Waals surface area contributed by atoms with Crippen molar-refractivity contribution in [2.75, 3.05) is 0 Å². The van der Waals surface area contributed by atoms with Crippen LogP contribution in [0.25, 0.3) is 11.0 Å². The molecule has 7 nitrogen and oxygen atoms in total. The largest absolute Gasteiger partial charge is 0.391 e. The monoisotopic (exact) mass is 355 g/mol. The summed E-state index contributed by atoms with van der Waals surface area (Å²) in [5.74, 6) is -1.02. The van der Waals surface area contributed by atoms with Crippen molar-refractivity contribution in [1.29, 1.82) is 0 Å². The van der Waals surface area contributed by atoms with Gasteiger partial charge in [-0.05, 0) is 30.9 Å². The number of fused-ring (bicyclic) bond motifs is 1. The Morgan fingerprint density at radius 2 is 2.00 bits per heavy atom. The first-order valence-corrected chi connectivity index (χ1v) is 8.47. The molecular weight excluding hydrogens is 337 g/mol. The Morgan fingerprint density at radius 3 is 2.73 bits per heavy atom. The van der Waals surface area contributed by atoms with E-state index >= 15 is 0 Å². The van der Waals surface area contributed by atoms with Gasteiger partial charge in [0.15, 0.2) is 0 Å². The molecule has 1 fully saturated rings. The number of aromatic nitrogens is 4. The van der Waals surface area contributed by atoms with Crippen molar-refractivity contribution in [1.82, 2.24) is 25.1 Å². The highest BCUT2D eigenvalue weighted by Gasteiger charge is 2.34. The second-order valence-corrected chi connectivity index (χ2v) is 6.59. The normalized spacial score (nSPS) is 22.6. The SMILES string of the molecule is O=C(N[C@@H]1CC(Cn2cccn2)C[C@H]1O)c1cc2nccnc2cc1F. The van der Waals surface area contributed by atoms with E-state index in [4.69, 9.17) is 0 Å². The van der Waals surface area contributed by atoms with Crippen LogP contribution in [-0.2, 0) is 6.54 Å². The Hall–Kier alpha value is -2.87. The zero-order valence-corrected chi connectivity index (χ0v) is 13.9. The molecule has 0 bridgehead atoms. The number of nitrogens with zero attached hydrogens (tertiary/aromatic N) is 4. The first-order chi connectivity index (χ1) is 12.6. The van der Waals surface area contributed by atoms with Gasteiger partial charge in [0, 0.05) is 37.4 Å².